The highest BCUT2D eigenvalue weighted by Crippen LogP contribution is 2.28. The van der Waals surface area contributed by atoms with Gasteiger partial charge in [-0.2, -0.15) is 0 Å². The van der Waals surface area contributed by atoms with Crippen molar-refractivity contribution < 1.29 is 4.79 Å². The van der Waals surface area contributed by atoms with E-state index in [0.717, 1.165) is 37.9 Å². The maximum atomic E-state index is 12.3. The normalized spacial score (nSPS) is 15.8. The van der Waals surface area contributed by atoms with Crippen molar-refractivity contribution >= 4 is 28.2 Å². The Morgan fingerprint density at radius 2 is 2.22 bits per heavy atom. The summed E-state index contributed by atoms with van der Waals surface area (Å²) in [7, 11) is 1.94. The molecule has 0 spiro atoms. The zero-order chi connectivity index (χ0) is 13.1. The summed E-state index contributed by atoms with van der Waals surface area (Å²) in [6.07, 6.45) is 0. The predicted molar refractivity (Wildman–Crippen MR) is 74.2 cm³/mol. The van der Waals surface area contributed by atoms with Gasteiger partial charge in [-0.25, -0.2) is 4.98 Å². The van der Waals surface area contributed by atoms with Gasteiger partial charge >= 0.3 is 0 Å². The Bertz CT molecular complexity index is 427. The Labute approximate surface area is 111 Å². The Kier molecular flexibility index (Phi) is 4.03. The van der Waals surface area contributed by atoms with Gasteiger partial charge < -0.3 is 20.9 Å². The molecule has 7 heteroatoms. The molecule has 0 atom stereocenters. The summed E-state index contributed by atoms with van der Waals surface area (Å²) >= 11 is 1.37. The molecule has 3 N–H and O–H groups in total. The van der Waals surface area contributed by atoms with Crippen LogP contribution in [0.5, 0.6) is 0 Å². The highest BCUT2D eigenvalue weighted by atomic mass is 32.1. The zero-order valence-corrected chi connectivity index (χ0v) is 11.6. The van der Waals surface area contributed by atoms with Crippen LogP contribution in [0.15, 0.2) is 0 Å². The van der Waals surface area contributed by atoms with Crippen LogP contribution in [0, 0.1) is 0 Å². The quantitative estimate of drug-likeness (QED) is 0.821. The van der Waals surface area contributed by atoms with Gasteiger partial charge in [0.25, 0.3) is 5.91 Å². The van der Waals surface area contributed by atoms with Crippen LogP contribution in [0.4, 0.5) is 10.9 Å². The number of rotatable bonds is 3. The molecule has 100 valence electrons. The third-order valence-electron chi connectivity index (χ3n) is 3.04. The van der Waals surface area contributed by atoms with E-state index in [1.54, 1.807) is 0 Å². The molecule has 1 aromatic rings. The molecule has 1 aliphatic rings. The average molecular weight is 269 g/mol. The maximum Gasteiger partial charge on any atom is 0.267 e. The van der Waals surface area contributed by atoms with Gasteiger partial charge in [-0.3, -0.25) is 4.79 Å². The molecule has 0 saturated carbocycles. The molecule has 1 aliphatic heterocycles. The van der Waals surface area contributed by atoms with Crippen molar-refractivity contribution in [2.75, 3.05) is 50.4 Å². The standard InChI is InChI=1S/C11H19N5OS/c1-3-15(2)11-14-9(12)8(18-11)10(17)16-6-4-13-5-7-16/h13H,3-7,12H2,1-2H3. The van der Waals surface area contributed by atoms with Crippen LogP contribution >= 0.6 is 11.3 Å². The van der Waals surface area contributed by atoms with Crippen molar-refractivity contribution in [2.24, 2.45) is 0 Å². The number of hydrogen-bond donors (Lipinski definition) is 2. The summed E-state index contributed by atoms with van der Waals surface area (Å²) in [4.78, 5) is 20.9. The molecular formula is C11H19N5OS. The minimum absolute atomic E-state index is 0.00209. The van der Waals surface area contributed by atoms with Gasteiger partial charge in [0.2, 0.25) is 0 Å². The van der Waals surface area contributed by atoms with E-state index in [9.17, 15) is 4.79 Å². The number of amides is 1. The van der Waals surface area contributed by atoms with E-state index in [-0.39, 0.29) is 5.91 Å². The fourth-order valence-corrected chi connectivity index (χ4v) is 2.76. The monoisotopic (exact) mass is 269 g/mol. The molecule has 2 rings (SSSR count). The van der Waals surface area contributed by atoms with Crippen LogP contribution in [0.2, 0.25) is 0 Å². The predicted octanol–water partition coefficient (Wildman–Crippen LogP) is 0.227. The molecule has 0 radical (unpaired) electrons. The Balaban J connectivity index is 2.16. The van der Waals surface area contributed by atoms with E-state index in [2.05, 4.69) is 10.3 Å². The van der Waals surface area contributed by atoms with Gasteiger partial charge in [-0.15, -0.1) is 0 Å². The number of aromatic nitrogens is 1. The SMILES string of the molecule is CCN(C)c1nc(N)c(C(=O)N2CCNCC2)s1. The number of hydrogen-bond acceptors (Lipinski definition) is 6. The first-order valence-electron chi connectivity index (χ1n) is 6.11. The van der Waals surface area contributed by atoms with Crippen molar-refractivity contribution in [3.8, 4) is 0 Å². The Morgan fingerprint density at radius 3 is 2.83 bits per heavy atom. The average Bonchev–Trinajstić information content (AvgIpc) is 2.80. The first kappa shape index (κ1) is 13.1. The van der Waals surface area contributed by atoms with Crippen LogP contribution in [0.1, 0.15) is 16.6 Å². The van der Waals surface area contributed by atoms with Crippen LogP contribution in [0.3, 0.4) is 0 Å². The zero-order valence-electron chi connectivity index (χ0n) is 10.8. The first-order valence-corrected chi connectivity index (χ1v) is 6.92. The molecule has 0 aliphatic carbocycles. The fraction of sp³-hybridized carbons (Fsp3) is 0.636. The van der Waals surface area contributed by atoms with E-state index in [1.807, 2.05) is 23.8 Å². The number of nitrogens with two attached hydrogens (primary N) is 1. The number of nitrogens with one attached hydrogen (secondary N) is 1. The highest BCUT2D eigenvalue weighted by Gasteiger charge is 2.23. The smallest absolute Gasteiger partial charge is 0.267 e. The number of nitrogen functional groups attached to an aromatic ring is 1. The van der Waals surface area contributed by atoms with E-state index >= 15 is 0 Å². The van der Waals surface area contributed by atoms with E-state index in [4.69, 9.17) is 5.73 Å². The lowest BCUT2D eigenvalue weighted by Crippen LogP contribution is -2.46. The largest absolute Gasteiger partial charge is 0.382 e. The van der Waals surface area contributed by atoms with Crippen molar-refractivity contribution in [2.45, 2.75) is 6.92 Å². The summed E-state index contributed by atoms with van der Waals surface area (Å²) < 4.78 is 0. The van der Waals surface area contributed by atoms with Gasteiger partial charge in [0.15, 0.2) is 5.13 Å². The number of piperazine rings is 1. The van der Waals surface area contributed by atoms with Gasteiger partial charge in [0.05, 0.1) is 0 Å². The Morgan fingerprint density at radius 1 is 1.56 bits per heavy atom. The second-order valence-corrected chi connectivity index (χ2v) is 5.24. The lowest BCUT2D eigenvalue weighted by Gasteiger charge is -2.26. The van der Waals surface area contributed by atoms with Gasteiger partial charge in [0.1, 0.15) is 10.7 Å². The molecule has 0 aromatic carbocycles. The lowest BCUT2D eigenvalue weighted by molar-refractivity contribution is 0.0741. The number of carbonyl (C=O) groups excluding carboxylic acids is 1. The van der Waals surface area contributed by atoms with E-state index in [0.29, 0.717) is 10.7 Å². The van der Waals surface area contributed by atoms with Gasteiger partial charge in [-0.1, -0.05) is 11.3 Å². The third-order valence-corrected chi connectivity index (χ3v) is 4.21. The molecule has 2 heterocycles. The van der Waals surface area contributed by atoms with Crippen LogP contribution < -0.4 is 16.0 Å². The lowest BCUT2D eigenvalue weighted by atomic mass is 10.3. The molecular weight excluding hydrogens is 250 g/mol. The second-order valence-electron chi connectivity index (χ2n) is 4.27. The molecule has 1 aromatic heterocycles. The summed E-state index contributed by atoms with van der Waals surface area (Å²) in [5, 5.41) is 4.02. The van der Waals surface area contributed by atoms with Crippen LogP contribution in [0.25, 0.3) is 0 Å². The third kappa shape index (κ3) is 2.56. The van der Waals surface area contributed by atoms with Crippen molar-refractivity contribution in [3.63, 3.8) is 0 Å². The second kappa shape index (κ2) is 5.53. The molecule has 0 unspecified atom stereocenters. The van der Waals surface area contributed by atoms with Crippen LogP contribution in [-0.2, 0) is 0 Å². The van der Waals surface area contributed by atoms with Crippen molar-refractivity contribution in [1.29, 1.82) is 0 Å². The van der Waals surface area contributed by atoms with E-state index in [1.165, 1.54) is 11.3 Å². The summed E-state index contributed by atoms with van der Waals surface area (Å²) in [6.45, 7) is 6.02. The number of nitrogens with zero attached hydrogens (tertiary/aromatic N) is 3. The van der Waals surface area contributed by atoms with Crippen molar-refractivity contribution in [1.82, 2.24) is 15.2 Å². The number of carbonyl (C=O) groups is 1. The highest BCUT2D eigenvalue weighted by molar-refractivity contribution is 7.18. The topological polar surface area (TPSA) is 74.5 Å². The van der Waals surface area contributed by atoms with E-state index < -0.39 is 0 Å². The fourth-order valence-electron chi connectivity index (χ4n) is 1.78. The molecule has 6 nitrogen and oxygen atoms in total. The minimum Gasteiger partial charge on any atom is -0.382 e. The minimum atomic E-state index is 0.00209. The van der Waals surface area contributed by atoms with Crippen molar-refractivity contribution in [3.05, 3.63) is 4.88 Å². The summed E-state index contributed by atoms with van der Waals surface area (Å²) in [5.74, 6) is 0.348. The molecule has 18 heavy (non-hydrogen) atoms. The Hall–Kier alpha value is -1.34. The molecule has 1 saturated heterocycles. The molecule has 1 fully saturated rings. The number of thiazole rings is 1. The molecule has 1 amide bonds. The number of anilines is 2. The van der Waals surface area contributed by atoms with Crippen LogP contribution in [-0.4, -0.2) is 55.6 Å². The first-order chi connectivity index (χ1) is 8.63. The maximum absolute atomic E-state index is 12.3. The van der Waals surface area contributed by atoms with Gasteiger partial charge in [-0.05, 0) is 6.92 Å². The summed E-state index contributed by atoms with van der Waals surface area (Å²) in [6, 6.07) is 0. The summed E-state index contributed by atoms with van der Waals surface area (Å²) in [5.41, 5.74) is 5.85. The van der Waals surface area contributed by atoms with Gasteiger partial charge in [0, 0.05) is 39.8 Å². The molecule has 0 bridgehead atoms.